The molecule has 0 spiro atoms. The summed E-state index contributed by atoms with van der Waals surface area (Å²) in [5.41, 5.74) is 0.0318. The van der Waals surface area contributed by atoms with E-state index in [2.05, 4.69) is 5.32 Å². The molecular formula is C15H18FNO5. The third-order valence-corrected chi connectivity index (χ3v) is 2.53. The molecule has 22 heavy (non-hydrogen) atoms. The zero-order valence-electron chi connectivity index (χ0n) is 12.6. The third-order valence-electron chi connectivity index (χ3n) is 2.53. The number of carbonyl (C=O) groups is 2. The lowest BCUT2D eigenvalue weighted by molar-refractivity contribution is -0.146. The van der Waals surface area contributed by atoms with Crippen molar-refractivity contribution >= 4 is 17.6 Å². The fourth-order valence-corrected chi connectivity index (χ4v) is 1.53. The van der Waals surface area contributed by atoms with Gasteiger partial charge < -0.3 is 19.5 Å². The molecule has 1 rings (SSSR count). The Labute approximate surface area is 127 Å². The molecule has 0 fully saturated rings. The number of ether oxygens (including phenoxy) is 3. The molecule has 120 valence electrons. The van der Waals surface area contributed by atoms with E-state index in [0.717, 1.165) is 6.20 Å². The number of rotatable bonds is 7. The first kappa shape index (κ1) is 17.5. The molecular weight excluding hydrogens is 293 g/mol. The van der Waals surface area contributed by atoms with Gasteiger partial charge in [-0.1, -0.05) is 0 Å². The van der Waals surface area contributed by atoms with E-state index in [4.69, 9.17) is 14.2 Å². The van der Waals surface area contributed by atoms with Crippen molar-refractivity contribution in [2.75, 3.05) is 25.6 Å². The summed E-state index contributed by atoms with van der Waals surface area (Å²) < 4.78 is 27.9. The average molecular weight is 311 g/mol. The van der Waals surface area contributed by atoms with E-state index < -0.39 is 17.8 Å². The van der Waals surface area contributed by atoms with Gasteiger partial charge in [-0.2, -0.15) is 0 Å². The molecule has 6 nitrogen and oxygen atoms in total. The number of nitrogens with one attached hydrogen (secondary N) is 1. The number of benzene rings is 1. The zero-order chi connectivity index (χ0) is 16.5. The summed E-state index contributed by atoms with van der Waals surface area (Å²) in [6.45, 7) is 3.47. The van der Waals surface area contributed by atoms with E-state index in [0.29, 0.717) is 5.69 Å². The van der Waals surface area contributed by atoms with Crippen molar-refractivity contribution in [2.45, 2.75) is 13.8 Å². The topological polar surface area (TPSA) is 73.9 Å². The Kier molecular flexibility index (Phi) is 6.88. The third kappa shape index (κ3) is 4.76. The molecule has 0 aromatic heterocycles. The van der Waals surface area contributed by atoms with Gasteiger partial charge in [0.2, 0.25) is 0 Å². The average Bonchev–Trinajstić information content (AvgIpc) is 2.48. The molecule has 0 aliphatic heterocycles. The first-order valence-corrected chi connectivity index (χ1v) is 6.67. The Hall–Kier alpha value is -2.57. The van der Waals surface area contributed by atoms with Crippen LogP contribution < -0.4 is 10.1 Å². The van der Waals surface area contributed by atoms with E-state index in [9.17, 15) is 14.0 Å². The van der Waals surface area contributed by atoms with Crippen molar-refractivity contribution in [3.05, 3.63) is 35.8 Å². The predicted octanol–water partition coefficient (Wildman–Crippen LogP) is 2.26. The van der Waals surface area contributed by atoms with Gasteiger partial charge in [-0.25, -0.2) is 14.0 Å². The second-order valence-electron chi connectivity index (χ2n) is 3.99. The number of halogens is 1. The maximum atomic E-state index is 13.6. The van der Waals surface area contributed by atoms with Crippen molar-refractivity contribution in [3.63, 3.8) is 0 Å². The molecule has 0 bridgehead atoms. The minimum absolute atomic E-state index is 0.0885. The van der Waals surface area contributed by atoms with Crippen LogP contribution in [0.25, 0.3) is 0 Å². The fourth-order valence-electron chi connectivity index (χ4n) is 1.53. The number of carbonyl (C=O) groups excluding carboxylic acids is 2. The van der Waals surface area contributed by atoms with Crippen LogP contribution in [-0.4, -0.2) is 32.3 Å². The molecule has 0 saturated carbocycles. The maximum absolute atomic E-state index is 13.6. The largest absolute Gasteiger partial charge is 0.494 e. The van der Waals surface area contributed by atoms with Gasteiger partial charge in [0.15, 0.2) is 17.1 Å². The number of hydrogen-bond acceptors (Lipinski definition) is 6. The van der Waals surface area contributed by atoms with Crippen molar-refractivity contribution in [1.29, 1.82) is 0 Å². The van der Waals surface area contributed by atoms with Gasteiger partial charge in [0.1, 0.15) is 0 Å². The van der Waals surface area contributed by atoms with Gasteiger partial charge in [-0.05, 0) is 26.0 Å². The Bertz CT molecular complexity index is 551. The smallest absolute Gasteiger partial charge is 0.347 e. The maximum Gasteiger partial charge on any atom is 0.347 e. The van der Waals surface area contributed by atoms with E-state index >= 15 is 0 Å². The number of hydrogen-bond donors (Lipinski definition) is 1. The molecule has 1 aromatic carbocycles. The molecule has 1 N–H and O–H groups in total. The summed E-state index contributed by atoms with van der Waals surface area (Å²) in [6.07, 6.45) is 1.12. The molecule has 1 aromatic rings. The second-order valence-corrected chi connectivity index (χ2v) is 3.99. The van der Waals surface area contributed by atoms with E-state index in [-0.39, 0.29) is 24.5 Å². The van der Waals surface area contributed by atoms with E-state index in [1.807, 2.05) is 0 Å². The molecule has 7 heteroatoms. The molecule has 0 aliphatic rings. The molecule has 0 radical (unpaired) electrons. The van der Waals surface area contributed by atoms with Crippen LogP contribution >= 0.6 is 0 Å². The highest BCUT2D eigenvalue weighted by Crippen LogP contribution is 2.20. The van der Waals surface area contributed by atoms with Crippen LogP contribution in [0.15, 0.2) is 30.0 Å². The van der Waals surface area contributed by atoms with Crippen molar-refractivity contribution in [3.8, 4) is 5.75 Å². The second kappa shape index (κ2) is 8.66. The highest BCUT2D eigenvalue weighted by molar-refractivity contribution is 6.14. The Morgan fingerprint density at radius 2 is 1.77 bits per heavy atom. The van der Waals surface area contributed by atoms with Crippen LogP contribution in [0.1, 0.15) is 13.8 Å². The van der Waals surface area contributed by atoms with Crippen LogP contribution in [0.5, 0.6) is 5.75 Å². The van der Waals surface area contributed by atoms with Gasteiger partial charge >= 0.3 is 11.9 Å². The molecule has 0 aliphatic carbocycles. The molecule has 0 atom stereocenters. The summed E-state index contributed by atoms with van der Waals surface area (Å²) in [4.78, 5) is 23.4. The van der Waals surface area contributed by atoms with Crippen molar-refractivity contribution in [2.24, 2.45) is 0 Å². The van der Waals surface area contributed by atoms with E-state index in [1.54, 1.807) is 13.8 Å². The minimum atomic E-state index is -0.817. The molecule has 0 heterocycles. The fraction of sp³-hybridized carbons (Fsp3) is 0.333. The van der Waals surface area contributed by atoms with Crippen molar-refractivity contribution < 1.29 is 28.2 Å². The monoisotopic (exact) mass is 311 g/mol. The van der Waals surface area contributed by atoms with Crippen LogP contribution in [0.4, 0.5) is 10.1 Å². The summed E-state index contributed by atoms with van der Waals surface area (Å²) in [7, 11) is 1.35. The van der Waals surface area contributed by atoms with Gasteiger partial charge in [0, 0.05) is 18.0 Å². The van der Waals surface area contributed by atoms with Crippen LogP contribution in [-0.2, 0) is 19.1 Å². The minimum Gasteiger partial charge on any atom is -0.494 e. The van der Waals surface area contributed by atoms with Gasteiger partial charge in [-0.3, -0.25) is 0 Å². The van der Waals surface area contributed by atoms with E-state index in [1.165, 1.54) is 25.3 Å². The first-order valence-electron chi connectivity index (χ1n) is 6.67. The predicted molar refractivity (Wildman–Crippen MR) is 77.9 cm³/mol. The highest BCUT2D eigenvalue weighted by Gasteiger charge is 2.20. The molecule has 0 saturated heterocycles. The van der Waals surface area contributed by atoms with Gasteiger partial charge in [-0.15, -0.1) is 0 Å². The summed E-state index contributed by atoms with van der Waals surface area (Å²) in [5.74, 6) is -2.12. The Balaban J connectivity index is 2.94. The number of anilines is 1. The van der Waals surface area contributed by atoms with Crippen molar-refractivity contribution in [1.82, 2.24) is 0 Å². The molecule has 0 unspecified atom stereocenters. The normalized spacial score (nSPS) is 9.64. The summed E-state index contributed by atoms with van der Waals surface area (Å²) in [5, 5.41) is 2.66. The first-order chi connectivity index (χ1) is 10.5. The standard InChI is InChI=1S/C15H18FNO5/c1-4-21-14(18)11(15(19)22-5-2)9-17-10-6-7-13(20-3)12(16)8-10/h6-9,17H,4-5H2,1-3H3. The van der Waals surface area contributed by atoms with Gasteiger partial charge in [0.25, 0.3) is 0 Å². The van der Waals surface area contributed by atoms with Crippen LogP contribution in [0.2, 0.25) is 0 Å². The highest BCUT2D eigenvalue weighted by atomic mass is 19.1. The quantitative estimate of drug-likeness (QED) is 0.360. The Morgan fingerprint density at radius 3 is 2.23 bits per heavy atom. The lowest BCUT2D eigenvalue weighted by Crippen LogP contribution is -2.19. The zero-order valence-corrected chi connectivity index (χ0v) is 12.6. The summed E-state index contributed by atoms with van der Waals surface area (Å²) >= 11 is 0. The Morgan fingerprint density at radius 1 is 1.18 bits per heavy atom. The lowest BCUT2D eigenvalue weighted by Gasteiger charge is -2.08. The van der Waals surface area contributed by atoms with Crippen LogP contribution in [0.3, 0.4) is 0 Å². The van der Waals surface area contributed by atoms with Gasteiger partial charge in [0.05, 0.1) is 20.3 Å². The number of esters is 2. The molecule has 0 amide bonds. The summed E-state index contributed by atoms with van der Waals surface area (Å²) in [6, 6.07) is 4.12. The number of methoxy groups -OCH3 is 1. The van der Waals surface area contributed by atoms with Crippen LogP contribution in [0, 0.1) is 5.82 Å². The lowest BCUT2D eigenvalue weighted by atomic mass is 10.2. The SMILES string of the molecule is CCOC(=O)C(=CNc1ccc(OC)c(F)c1)C(=O)OCC.